The minimum Gasteiger partial charge on any atom is -0.317 e. The van der Waals surface area contributed by atoms with Crippen LogP contribution in [-0.4, -0.2) is 22.9 Å². The zero-order valence-electron chi connectivity index (χ0n) is 12.2. The SMILES string of the molecule is CNC(CCc1c(C)nn(C)c1C)Cc1cccs1. The molecule has 0 aliphatic carbocycles. The normalized spacial score (nSPS) is 12.8. The van der Waals surface area contributed by atoms with Crippen LogP contribution in [0.3, 0.4) is 0 Å². The highest BCUT2D eigenvalue weighted by Gasteiger charge is 2.13. The Hall–Kier alpha value is -1.13. The smallest absolute Gasteiger partial charge is 0.0628 e. The van der Waals surface area contributed by atoms with Crippen LogP contribution in [0, 0.1) is 13.8 Å². The van der Waals surface area contributed by atoms with Crippen LogP contribution in [0.15, 0.2) is 17.5 Å². The van der Waals surface area contributed by atoms with E-state index < -0.39 is 0 Å². The molecule has 0 bridgehead atoms. The lowest BCUT2D eigenvalue weighted by Crippen LogP contribution is -2.27. The van der Waals surface area contributed by atoms with Crippen LogP contribution < -0.4 is 5.32 Å². The lowest BCUT2D eigenvalue weighted by Gasteiger charge is -2.15. The van der Waals surface area contributed by atoms with Gasteiger partial charge in [0.05, 0.1) is 5.69 Å². The summed E-state index contributed by atoms with van der Waals surface area (Å²) in [5, 5.41) is 10.1. The lowest BCUT2D eigenvalue weighted by atomic mass is 10.0. The molecule has 0 saturated carbocycles. The molecule has 2 aromatic rings. The molecule has 2 rings (SSSR count). The molecule has 0 aliphatic rings. The minimum absolute atomic E-state index is 0.539. The third kappa shape index (κ3) is 3.45. The van der Waals surface area contributed by atoms with Gasteiger partial charge in [-0.05, 0) is 57.2 Å². The second-order valence-electron chi connectivity index (χ2n) is 5.08. The molecule has 2 heterocycles. The number of aromatic nitrogens is 2. The molecule has 1 unspecified atom stereocenters. The van der Waals surface area contributed by atoms with Crippen molar-refractivity contribution in [1.82, 2.24) is 15.1 Å². The summed E-state index contributed by atoms with van der Waals surface area (Å²) in [6.45, 7) is 4.26. The van der Waals surface area contributed by atoms with Gasteiger partial charge in [-0.25, -0.2) is 0 Å². The average Bonchev–Trinajstić information content (AvgIpc) is 2.97. The van der Waals surface area contributed by atoms with Crippen molar-refractivity contribution in [2.24, 2.45) is 7.05 Å². The van der Waals surface area contributed by atoms with E-state index >= 15 is 0 Å². The maximum Gasteiger partial charge on any atom is 0.0628 e. The van der Waals surface area contributed by atoms with Gasteiger partial charge in [-0.1, -0.05) is 6.07 Å². The molecule has 0 aromatic carbocycles. The van der Waals surface area contributed by atoms with Crippen molar-refractivity contribution in [1.29, 1.82) is 0 Å². The fourth-order valence-corrected chi connectivity index (χ4v) is 3.30. The molecule has 104 valence electrons. The summed E-state index contributed by atoms with van der Waals surface area (Å²) in [5.41, 5.74) is 3.88. The van der Waals surface area contributed by atoms with Gasteiger partial charge in [-0.15, -0.1) is 11.3 Å². The van der Waals surface area contributed by atoms with Crippen molar-refractivity contribution < 1.29 is 0 Å². The standard InChI is InChI=1S/C15H23N3S/c1-11-15(12(2)18(4)17-11)8-7-13(16-3)10-14-6-5-9-19-14/h5-6,9,13,16H,7-8,10H2,1-4H3. The Labute approximate surface area is 119 Å². The van der Waals surface area contributed by atoms with Gasteiger partial charge in [-0.3, -0.25) is 4.68 Å². The first-order valence-electron chi connectivity index (χ1n) is 6.80. The zero-order chi connectivity index (χ0) is 13.8. The van der Waals surface area contributed by atoms with Crippen molar-refractivity contribution in [3.63, 3.8) is 0 Å². The zero-order valence-corrected chi connectivity index (χ0v) is 13.0. The fourth-order valence-electron chi connectivity index (χ4n) is 2.52. The highest BCUT2D eigenvalue weighted by Crippen LogP contribution is 2.17. The van der Waals surface area contributed by atoms with Crippen molar-refractivity contribution in [3.8, 4) is 0 Å². The molecule has 0 radical (unpaired) electrons. The van der Waals surface area contributed by atoms with Crippen molar-refractivity contribution in [2.45, 2.75) is 39.2 Å². The van der Waals surface area contributed by atoms with Crippen LogP contribution in [0.2, 0.25) is 0 Å². The van der Waals surface area contributed by atoms with Crippen LogP contribution in [-0.2, 0) is 19.9 Å². The Bertz CT molecular complexity index is 514. The van der Waals surface area contributed by atoms with E-state index in [4.69, 9.17) is 0 Å². The summed E-state index contributed by atoms with van der Waals surface area (Å²) in [6, 6.07) is 4.88. The van der Waals surface area contributed by atoms with E-state index in [0.717, 1.165) is 19.3 Å². The maximum absolute atomic E-state index is 4.49. The third-order valence-electron chi connectivity index (χ3n) is 3.84. The van der Waals surface area contributed by atoms with Crippen molar-refractivity contribution >= 4 is 11.3 Å². The first-order valence-corrected chi connectivity index (χ1v) is 7.68. The number of hydrogen-bond donors (Lipinski definition) is 1. The Kier molecular flexibility index (Phi) is 4.77. The Balaban J connectivity index is 1.96. The quantitative estimate of drug-likeness (QED) is 0.880. The largest absolute Gasteiger partial charge is 0.317 e. The van der Waals surface area contributed by atoms with Crippen LogP contribution >= 0.6 is 11.3 Å². The summed E-state index contributed by atoms with van der Waals surface area (Å²) in [6.07, 6.45) is 3.37. The molecule has 3 nitrogen and oxygen atoms in total. The second-order valence-corrected chi connectivity index (χ2v) is 6.11. The molecular formula is C15H23N3S. The lowest BCUT2D eigenvalue weighted by molar-refractivity contribution is 0.522. The van der Waals surface area contributed by atoms with Gasteiger partial charge in [0, 0.05) is 23.7 Å². The molecule has 0 fully saturated rings. The number of likely N-dealkylation sites (N-methyl/N-ethyl adjacent to an activating group) is 1. The Morgan fingerprint density at radius 3 is 2.74 bits per heavy atom. The average molecular weight is 277 g/mol. The maximum atomic E-state index is 4.49. The molecule has 0 aliphatic heterocycles. The molecular weight excluding hydrogens is 254 g/mol. The van der Waals surface area contributed by atoms with E-state index in [-0.39, 0.29) is 0 Å². The fraction of sp³-hybridized carbons (Fsp3) is 0.533. The van der Waals surface area contributed by atoms with E-state index in [2.05, 4.69) is 48.8 Å². The molecule has 1 atom stereocenters. The Morgan fingerprint density at radius 2 is 2.21 bits per heavy atom. The molecule has 0 spiro atoms. The van der Waals surface area contributed by atoms with E-state index in [1.54, 1.807) is 0 Å². The first-order chi connectivity index (χ1) is 9.11. The Morgan fingerprint density at radius 1 is 1.42 bits per heavy atom. The number of nitrogens with zero attached hydrogens (tertiary/aromatic N) is 2. The minimum atomic E-state index is 0.539. The highest BCUT2D eigenvalue weighted by atomic mass is 32.1. The summed E-state index contributed by atoms with van der Waals surface area (Å²) >= 11 is 1.84. The summed E-state index contributed by atoms with van der Waals surface area (Å²) in [7, 11) is 4.08. The van der Waals surface area contributed by atoms with E-state index in [1.165, 1.54) is 21.8 Å². The van der Waals surface area contributed by atoms with Crippen LogP contribution in [0.5, 0.6) is 0 Å². The van der Waals surface area contributed by atoms with Gasteiger partial charge in [0.1, 0.15) is 0 Å². The van der Waals surface area contributed by atoms with Crippen molar-refractivity contribution in [3.05, 3.63) is 39.3 Å². The van der Waals surface area contributed by atoms with Gasteiger partial charge in [-0.2, -0.15) is 5.10 Å². The van der Waals surface area contributed by atoms with Gasteiger partial charge in [0.15, 0.2) is 0 Å². The topological polar surface area (TPSA) is 29.9 Å². The molecule has 0 saturated heterocycles. The number of hydrogen-bond acceptors (Lipinski definition) is 3. The molecule has 1 N–H and O–H groups in total. The number of nitrogens with one attached hydrogen (secondary N) is 1. The summed E-state index contributed by atoms with van der Waals surface area (Å²) in [4.78, 5) is 1.46. The van der Waals surface area contributed by atoms with Crippen molar-refractivity contribution in [2.75, 3.05) is 7.05 Å². The molecule has 19 heavy (non-hydrogen) atoms. The number of aryl methyl sites for hydroxylation is 2. The summed E-state index contributed by atoms with van der Waals surface area (Å²) in [5.74, 6) is 0. The highest BCUT2D eigenvalue weighted by molar-refractivity contribution is 7.09. The molecule has 0 amide bonds. The van der Waals surface area contributed by atoms with E-state index in [0.29, 0.717) is 6.04 Å². The van der Waals surface area contributed by atoms with Gasteiger partial charge in [0.2, 0.25) is 0 Å². The third-order valence-corrected chi connectivity index (χ3v) is 4.74. The van der Waals surface area contributed by atoms with Crippen LogP contribution in [0.25, 0.3) is 0 Å². The number of thiophene rings is 1. The number of rotatable bonds is 6. The van der Waals surface area contributed by atoms with Gasteiger partial charge >= 0.3 is 0 Å². The predicted octanol–water partition coefficient (Wildman–Crippen LogP) is 2.86. The van der Waals surface area contributed by atoms with Crippen LogP contribution in [0.4, 0.5) is 0 Å². The monoisotopic (exact) mass is 277 g/mol. The van der Waals surface area contributed by atoms with Gasteiger partial charge < -0.3 is 5.32 Å². The van der Waals surface area contributed by atoms with E-state index in [9.17, 15) is 0 Å². The van der Waals surface area contributed by atoms with E-state index in [1.807, 2.05) is 23.1 Å². The molecule has 2 aromatic heterocycles. The second kappa shape index (κ2) is 6.35. The predicted molar refractivity (Wildman–Crippen MR) is 81.9 cm³/mol. The summed E-state index contributed by atoms with van der Waals surface area (Å²) < 4.78 is 1.98. The first kappa shape index (κ1) is 14.3. The molecule has 4 heteroatoms. The van der Waals surface area contributed by atoms with Gasteiger partial charge in [0.25, 0.3) is 0 Å². The van der Waals surface area contributed by atoms with Crippen LogP contribution in [0.1, 0.15) is 28.2 Å².